The summed E-state index contributed by atoms with van der Waals surface area (Å²) in [6.45, 7) is 0. The molecule has 0 unspecified atom stereocenters. The number of hydrogen-bond donors (Lipinski definition) is 13. The zero-order valence-electron chi connectivity index (χ0n) is 33.6. The van der Waals surface area contributed by atoms with E-state index < -0.39 is 163 Å². The Bertz CT molecular complexity index is 4350. The van der Waals surface area contributed by atoms with Crippen molar-refractivity contribution >= 4 is 173 Å². The maximum atomic E-state index is 12.0. The predicted molar refractivity (Wildman–Crippen MR) is 248 cm³/mol. The molecule has 13 N–H and O–H groups in total. The molecule has 5 heterocycles. The van der Waals surface area contributed by atoms with Gasteiger partial charge in [-0.1, -0.05) is 12.1 Å². The lowest BCUT2D eigenvalue weighted by molar-refractivity contribution is 0.0880. The summed E-state index contributed by atoms with van der Waals surface area (Å²) in [5, 5.41) is 145. The fourth-order valence-corrected chi connectivity index (χ4v) is 9.61. The van der Waals surface area contributed by atoms with Crippen molar-refractivity contribution < 1.29 is 84.7 Å². The number of para-hydroxylation sites is 2. The van der Waals surface area contributed by atoms with Gasteiger partial charge in [0.15, 0.2) is 51.6 Å². The van der Waals surface area contributed by atoms with E-state index in [1.807, 2.05) is 0 Å². The Hall–Kier alpha value is -9.07. The van der Waals surface area contributed by atoms with E-state index in [0.717, 1.165) is 9.13 Å². The van der Waals surface area contributed by atoms with Crippen LogP contribution in [0.15, 0.2) is 42.6 Å². The first kappa shape index (κ1) is 40.4. The van der Waals surface area contributed by atoms with Crippen LogP contribution in [0.25, 0.3) is 105 Å². The maximum absolute atomic E-state index is 12.0. The highest BCUT2D eigenvalue weighted by molar-refractivity contribution is 6.53. The fraction of sp³-hybridized carbons (Fsp3) is 0. The highest BCUT2D eigenvalue weighted by Gasteiger charge is 2.36. The number of benzene rings is 7. The van der Waals surface area contributed by atoms with E-state index in [0.29, 0.717) is 0 Å². The molecule has 0 aliphatic rings. The molecule has 320 valence electrons. The average molecular weight is 900 g/mol. The number of phenolic OH excluding ortho intramolecular Hbond substituents is 13. The molecule has 12 rings (SSSR count). The largest absolute Gasteiger partial charge is 0.509 e. The third kappa shape index (κ3) is 4.28. The van der Waals surface area contributed by atoms with E-state index in [-0.39, 0.29) is 49.6 Å². The van der Waals surface area contributed by atoms with Crippen LogP contribution < -0.4 is 32.8 Å². The lowest BCUT2D eigenvalue weighted by Crippen LogP contribution is -2.17. The molecule has 12 radical (unpaired) electrons. The van der Waals surface area contributed by atoms with Gasteiger partial charge in [-0.3, -0.25) is 22.7 Å². The standard InChI is InChI=1S/C42H17B6N3O17/c43-13-7-8-24-42(38(64)37(63)28(8)54)68-66-40-15(45)20-12(39-25(40)51(24)23(7)41(67-65-39)18(48)30(13)56)11-22(35(61)33(59)17(47)27(11)53)50(20)6-4-2-1-3-5(6)49-19-9(29(55)36(62)31(57)14(19)44)10-21(49)34(60)32(58)16(46)26(10)52/h1-4,52-64H. The van der Waals surface area contributed by atoms with Gasteiger partial charge in [0.2, 0.25) is 28.2 Å². The van der Waals surface area contributed by atoms with Crippen molar-refractivity contribution in [2.45, 2.75) is 0 Å². The van der Waals surface area contributed by atoms with Crippen LogP contribution in [0.2, 0.25) is 0 Å². The molecule has 0 spiro atoms. The van der Waals surface area contributed by atoms with E-state index in [1.165, 1.54) is 28.7 Å². The second-order valence-electron chi connectivity index (χ2n) is 15.8. The molecule has 0 saturated carbocycles. The number of phenols is 13. The number of aromatic nitrogens is 3. The highest BCUT2D eigenvalue weighted by Crippen LogP contribution is 2.55. The summed E-state index contributed by atoms with van der Waals surface area (Å²) in [4.78, 5) is 0. The Balaban J connectivity index is 1.39. The quantitative estimate of drug-likeness (QED) is 0.0489. The van der Waals surface area contributed by atoms with E-state index in [9.17, 15) is 66.4 Å². The molecule has 0 aliphatic carbocycles. The molecule has 0 amide bonds. The molecule has 26 heteroatoms. The van der Waals surface area contributed by atoms with Crippen LogP contribution in [0.3, 0.4) is 0 Å². The highest BCUT2D eigenvalue weighted by atomic mass is 17.0. The third-order valence-electron chi connectivity index (χ3n) is 12.6. The van der Waals surface area contributed by atoms with Crippen molar-refractivity contribution in [1.29, 1.82) is 0 Å². The zero-order chi connectivity index (χ0) is 48.3. The number of nitrogens with zero attached hydrogens (tertiary/aromatic N) is 3. The smallest absolute Gasteiger partial charge is 0.248 e. The number of aromatic hydroxyl groups is 13. The number of rotatable bonds is 2. The van der Waals surface area contributed by atoms with Crippen molar-refractivity contribution in [2.75, 3.05) is 0 Å². The first-order valence-electron chi connectivity index (χ1n) is 19.4. The first-order chi connectivity index (χ1) is 32.3. The minimum atomic E-state index is -1.15. The van der Waals surface area contributed by atoms with Crippen molar-refractivity contribution in [2.24, 2.45) is 0 Å². The SMILES string of the molecule is [B]c1c(O)c(O)c2c(c1O)c1c(O)c(O)c(O)c([B])c1n2-c1ccccc1-n1c2c(O)c(O)c([B])c(O)c2c2c3ooc4c([B])c(O)c([B])c5c6c(O)c(O)c(O)c7ooc(c([B])c21)c3n(c45)c76. The molecule has 0 atom stereocenters. The van der Waals surface area contributed by atoms with Gasteiger partial charge in [-0.05, 0) is 44.9 Å². The van der Waals surface area contributed by atoms with Crippen LogP contribution in [-0.2, 0) is 0 Å². The van der Waals surface area contributed by atoms with Crippen LogP contribution in [0.5, 0.6) is 74.7 Å². The van der Waals surface area contributed by atoms with Crippen molar-refractivity contribution in [1.82, 2.24) is 13.5 Å². The molecule has 0 aliphatic heterocycles. The summed E-state index contributed by atoms with van der Waals surface area (Å²) in [7, 11) is 38.5. The van der Waals surface area contributed by atoms with E-state index in [1.54, 1.807) is 0 Å². The van der Waals surface area contributed by atoms with Gasteiger partial charge >= 0.3 is 0 Å². The lowest BCUT2D eigenvalue weighted by atomic mass is 9.82. The summed E-state index contributed by atoms with van der Waals surface area (Å²) in [5.41, 5.74) is -9.01. The Morgan fingerprint density at radius 3 is 1.25 bits per heavy atom. The second-order valence-corrected chi connectivity index (χ2v) is 15.8. The van der Waals surface area contributed by atoms with Gasteiger partial charge in [-0.25, -0.2) is 0 Å². The van der Waals surface area contributed by atoms with Crippen molar-refractivity contribution in [3.63, 3.8) is 0 Å². The maximum Gasteiger partial charge on any atom is 0.248 e. The van der Waals surface area contributed by atoms with Crippen LogP contribution in [0.4, 0.5) is 0 Å². The Morgan fingerprint density at radius 2 is 0.691 bits per heavy atom. The van der Waals surface area contributed by atoms with Gasteiger partial charge in [0.25, 0.3) is 0 Å². The topological polar surface area (TPSA) is 330 Å². The van der Waals surface area contributed by atoms with Gasteiger partial charge in [0.05, 0.1) is 49.3 Å². The Labute approximate surface area is 380 Å². The van der Waals surface area contributed by atoms with Gasteiger partial charge in [0, 0.05) is 5.39 Å². The van der Waals surface area contributed by atoms with E-state index in [2.05, 4.69) is 0 Å². The van der Waals surface area contributed by atoms with Crippen LogP contribution in [0.1, 0.15) is 0 Å². The van der Waals surface area contributed by atoms with Crippen LogP contribution >= 0.6 is 0 Å². The summed E-state index contributed by atoms with van der Waals surface area (Å²) in [5.74, 6) is -13.2. The molecule has 12 aromatic rings. The third-order valence-corrected chi connectivity index (χ3v) is 12.6. The average Bonchev–Trinajstić information content (AvgIpc) is 3.91. The zero-order valence-corrected chi connectivity index (χ0v) is 33.6. The summed E-state index contributed by atoms with van der Waals surface area (Å²) in [6, 6.07) is 5.54. The molecular formula is C42H17B6N3O17. The second kappa shape index (κ2) is 12.6. The summed E-state index contributed by atoms with van der Waals surface area (Å²) in [6.07, 6.45) is 0. The number of fused-ring (bicyclic) bond motifs is 8. The van der Waals surface area contributed by atoms with Gasteiger partial charge in [-0.15, -0.1) is 0 Å². The molecule has 0 saturated heterocycles. The van der Waals surface area contributed by atoms with Gasteiger partial charge in [-0.2, -0.15) is 0 Å². The predicted octanol–water partition coefficient (Wildman–Crippen LogP) is 0.616. The molecule has 68 heavy (non-hydrogen) atoms. The minimum Gasteiger partial charge on any atom is -0.509 e. The van der Waals surface area contributed by atoms with Crippen molar-refractivity contribution in [3.05, 3.63) is 24.3 Å². The summed E-state index contributed by atoms with van der Waals surface area (Å²) < 4.78 is 26.7. The van der Waals surface area contributed by atoms with E-state index in [4.69, 9.17) is 65.4 Å². The lowest BCUT2D eigenvalue weighted by Gasteiger charge is -2.19. The Morgan fingerprint density at radius 1 is 0.279 bits per heavy atom. The molecule has 7 aromatic carbocycles. The van der Waals surface area contributed by atoms with Crippen LogP contribution in [0, 0.1) is 0 Å². The number of hydrogen-bond acceptors (Lipinski definition) is 17. The molecule has 20 nitrogen and oxygen atoms in total. The molecule has 0 bridgehead atoms. The monoisotopic (exact) mass is 901 g/mol. The van der Waals surface area contributed by atoms with E-state index >= 15 is 0 Å². The van der Waals surface area contributed by atoms with Gasteiger partial charge in [0.1, 0.15) is 91.9 Å². The fourth-order valence-electron chi connectivity index (χ4n) is 9.61. The van der Waals surface area contributed by atoms with Gasteiger partial charge < -0.3 is 75.5 Å². The molecular weight excluding hydrogens is 883 g/mol. The molecule has 5 aromatic heterocycles. The van der Waals surface area contributed by atoms with Crippen LogP contribution in [-0.4, -0.2) is 127 Å². The Kier molecular flexibility index (Phi) is 7.51. The van der Waals surface area contributed by atoms with Crippen molar-refractivity contribution in [3.8, 4) is 86.1 Å². The summed E-state index contributed by atoms with van der Waals surface area (Å²) >= 11 is 0. The normalized spacial score (nSPS) is 12.4. The first-order valence-corrected chi connectivity index (χ1v) is 19.4. The minimum absolute atomic E-state index is 0.200. The molecule has 0 fully saturated rings.